The minimum Gasteiger partial charge on any atom is -0.407 e. The summed E-state index contributed by atoms with van der Waals surface area (Å²) in [6.45, 7) is 7.72. The topological polar surface area (TPSA) is 62.1 Å². The van der Waals surface area contributed by atoms with E-state index in [1.807, 2.05) is 30.3 Å². The van der Waals surface area contributed by atoms with Gasteiger partial charge in [-0.25, -0.2) is 0 Å². The number of aromatic nitrogens is 4. The van der Waals surface area contributed by atoms with Crippen molar-refractivity contribution >= 4 is 30.5 Å². The van der Waals surface area contributed by atoms with E-state index < -0.39 is 8.32 Å². The summed E-state index contributed by atoms with van der Waals surface area (Å²) in [5.41, 5.74) is 0.969. The van der Waals surface area contributed by atoms with Gasteiger partial charge in [-0.05, 0) is 63.7 Å². The van der Waals surface area contributed by atoms with Crippen molar-refractivity contribution in [1.82, 2.24) is 20.2 Å². The van der Waals surface area contributed by atoms with Crippen LogP contribution in [-0.4, -0.2) is 53.1 Å². The zero-order valence-electron chi connectivity index (χ0n) is 23.1. The maximum Gasteiger partial charge on any atom is 0.261 e. The summed E-state index contributed by atoms with van der Waals surface area (Å²) < 4.78 is 15.3. The monoisotopic (exact) mass is 558 g/mol. The first-order valence-electron chi connectivity index (χ1n) is 13.8. The molecule has 1 aromatic heterocycles. The van der Waals surface area contributed by atoms with Gasteiger partial charge < -0.3 is 9.16 Å². The molecule has 1 saturated heterocycles. The summed E-state index contributed by atoms with van der Waals surface area (Å²) >= 11 is 1.66. The van der Waals surface area contributed by atoms with Crippen molar-refractivity contribution in [2.24, 2.45) is 0 Å². The average molecular weight is 559 g/mol. The van der Waals surface area contributed by atoms with Gasteiger partial charge in [0.1, 0.15) is 0 Å². The summed E-state index contributed by atoms with van der Waals surface area (Å²) in [7, 11) is -2.48. The van der Waals surface area contributed by atoms with E-state index >= 15 is 0 Å². The third kappa shape index (κ3) is 6.35. The molecule has 0 amide bonds. The Hall–Kier alpha value is -2.78. The van der Waals surface area contributed by atoms with Gasteiger partial charge in [0, 0.05) is 12.4 Å². The third-order valence-electron chi connectivity index (χ3n) is 7.44. The highest BCUT2D eigenvalue weighted by Crippen LogP contribution is 2.37. The largest absolute Gasteiger partial charge is 0.407 e. The zero-order chi connectivity index (χ0) is 27.1. The molecule has 1 aliphatic rings. The van der Waals surface area contributed by atoms with Crippen molar-refractivity contribution in [1.29, 1.82) is 0 Å². The van der Waals surface area contributed by atoms with E-state index in [0.717, 1.165) is 48.9 Å². The lowest BCUT2D eigenvalue weighted by atomic mass is 10.1. The quantitative estimate of drug-likeness (QED) is 0.135. The Bertz CT molecular complexity index is 1260. The van der Waals surface area contributed by atoms with Gasteiger partial charge in [0.25, 0.3) is 8.32 Å². The average Bonchev–Trinajstić information content (AvgIpc) is 3.62. The molecule has 204 valence electrons. The number of hydrogen-bond donors (Lipinski definition) is 0. The van der Waals surface area contributed by atoms with Crippen LogP contribution in [0.2, 0.25) is 5.04 Å². The predicted molar refractivity (Wildman–Crippen MR) is 161 cm³/mol. The van der Waals surface area contributed by atoms with Gasteiger partial charge in [-0.2, -0.15) is 4.68 Å². The van der Waals surface area contributed by atoms with E-state index in [4.69, 9.17) is 9.16 Å². The lowest BCUT2D eigenvalue weighted by Crippen LogP contribution is -2.66. The fourth-order valence-electron chi connectivity index (χ4n) is 5.58. The van der Waals surface area contributed by atoms with Crippen molar-refractivity contribution in [3.8, 4) is 5.69 Å². The Morgan fingerprint density at radius 1 is 0.872 bits per heavy atom. The number of tetrazole rings is 1. The number of hydrogen-bond acceptors (Lipinski definition) is 6. The Balaban J connectivity index is 1.16. The second-order valence-corrected chi connectivity index (χ2v) is 16.4. The molecule has 8 heteroatoms. The van der Waals surface area contributed by atoms with Crippen molar-refractivity contribution < 1.29 is 9.16 Å². The normalized spacial score (nSPS) is 17.9. The molecular formula is C31H38N4O2SSi. The second-order valence-electron chi connectivity index (χ2n) is 11.1. The standard InChI is InChI=1S/C31H38N4O2SSi/c1-31(2,3)39(28-17-9-5-10-18-28,29-19-11-6-12-20-29)36-23-13-16-26-21-22-27(37-26)24-38-30-32-33-34-35(30)25-14-7-4-8-15-25/h4-12,14-15,17-20,26-27H,13,16,21-24H2,1-3H3/t26-,27-/m0/s1. The molecule has 5 rings (SSSR count). The molecule has 39 heavy (non-hydrogen) atoms. The van der Waals surface area contributed by atoms with Crippen molar-refractivity contribution in [3.63, 3.8) is 0 Å². The van der Waals surface area contributed by atoms with Crippen LogP contribution >= 0.6 is 11.8 Å². The number of benzene rings is 3. The van der Waals surface area contributed by atoms with Gasteiger partial charge >= 0.3 is 0 Å². The Kier molecular flexibility index (Phi) is 8.97. The third-order valence-corrected chi connectivity index (χ3v) is 13.5. The van der Waals surface area contributed by atoms with Crippen LogP contribution in [0.4, 0.5) is 0 Å². The minimum atomic E-state index is -2.48. The molecule has 4 aromatic rings. The van der Waals surface area contributed by atoms with Crippen LogP contribution in [0.3, 0.4) is 0 Å². The summed E-state index contributed by atoms with van der Waals surface area (Å²) in [6.07, 6.45) is 4.67. The molecule has 0 N–H and O–H groups in total. The van der Waals surface area contributed by atoms with Crippen LogP contribution in [0, 0.1) is 0 Å². The van der Waals surface area contributed by atoms with Crippen molar-refractivity contribution in [3.05, 3.63) is 91.0 Å². The van der Waals surface area contributed by atoms with E-state index in [-0.39, 0.29) is 17.2 Å². The van der Waals surface area contributed by atoms with E-state index in [0.29, 0.717) is 0 Å². The molecule has 0 radical (unpaired) electrons. The molecule has 3 aromatic carbocycles. The highest BCUT2D eigenvalue weighted by molar-refractivity contribution is 7.99. The summed E-state index contributed by atoms with van der Waals surface area (Å²) in [4.78, 5) is 0. The highest BCUT2D eigenvalue weighted by atomic mass is 32.2. The molecule has 0 bridgehead atoms. The maximum atomic E-state index is 7.06. The predicted octanol–water partition coefficient (Wildman–Crippen LogP) is 5.66. The van der Waals surface area contributed by atoms with Crippen LogP contribution in [0.15, 0.2) is 96.2 Å². The number of para-hydroxylation sites is 1. The van der Waals surface area contributed by atoms with Gasteiger partial charge in [0.2, 0.25) is 5.16 Å². The fourth-order valence-corrected chi connectivity index (χ4v) is 11.1. The van der Waals surface area contributed by atoms with Crippen LogP contribution < -0.4 is 10.4 Å². The number of thioether (sulfide) groups is 1. The van der Waals surface area contributed by atoms with Crippen LogP contribution in [0.1, 0.15) is 46.5 Å². The first kappa shape index (κ1) is 27.8. The fraction of sp³-hybridized carbons (Fsp3) is 0.387. The molecule has 2 heterocycles. The molecular weight excluding hydrogens is 521 g/mol. The van der Waals surface area contributed by atoms with Crippen LogP contribution in [-0.2, 0) is 9.16 Å². The van der Waals surface area contributed by atoms with Crippen LogP contribution in [0.5, 0.6) is 0 Å². The molecule has 0 saturated carbocycles. The van der Waals surface area contributed by atoms with E-state index in [1.54, 1.807) is 16.4 Å². The van der Waals surface area contributed by atoms with E-state index in [2.05, 4.69) is 97.0 Å². The van der Waals surface area contributed by atoms with E-state index in [9.17, 15) is 0 Å². The van der Waals surface area contributed by atoms with Gasteiger partial charge in [0.15, 0.2) is 0 Å². The summed E-state index contributed by atoms with van der Waals surface area (Å²) in [6, 6.07) is 31.7. The lowest BCUT2D eigenvalue weighted by Gasteiger charge is -2.43. The summed E-state index contributed by atoms with van der Waals surface area (Å²) in [5.74, 6) is 0.849. The summed E-state index contributed by atoms with van der Waals surface area (Å²) in [5, 5.41) is 15.7. The smallest absolute Gasteiger partial charge is 0.261 e. The lowest BCUT2D eigenvalue weighted by molar-refractivity contribution is 0.0496. The first-order chi connectivity index (χ1) is 19.0. The Morgan fingerprint density at radius 3 is 2.08 bits per heavy atom. The molecule has 2 atom stereocenters. The molecule has 0 spiro atoms. The molecule has 0 unspecified atom stereocenters. The van der Waals surface area contributed by atoms with Gasteiger partial charge in [0.05, 0.1) is 17.9 Å². The minimum absolute atomic E-state index is 0.00293. The molecule has 0 aliphatic carbocycles. The SMILES string of the molecule is CC(C)(C)[Si](OCCC[C@H]1CC[C@@H](CSc2nnnn2-c2ccccc2)O1)(c1ccccc1)c1ccccc1. The van der Waals surface area contributed by atoms with Crippen molar-refractivity contribution in [2.75, 3.05) is 12.4 Å². The highest BCUT2D eigenvalue weighted by Gasteiger charge is 2.50. The number of nitrogens with zero attached hydrogens (tertiary/aromatic N) is 4. The van der Waals surface area contributed by atoms with Gasteiger partial charge in [-0.1, -0.05) is 111 Å². The maximum absolute atomic E-state index is 7.06. The molecule has 6 nitrogen and oxygen atoms in total. The van der Waals surface area contributed by atoms with Gasteiger partial charge in [-0.3, -0.25) is 0 Å². The second kappa shape index (κ2) is 12.6. The Labute approximate surface area is 237 Å². The first-order valence-corrected chi connectivity index (χ1v) is 16.7. The molecule has 1 fully saturated rings. The number of ether oxygens (including phenoxy) is 1. The van der Waals surface area contributed by atoms with Crippen molar-refractivity contribution in [2.45, 2.75) is 68.9 Å². The zero-order valence-corrected chi connectivity index (χ0v) is 24.9. The molecule has 1 aliphatic heterocycles. The van der Waals surface area contributed by atoms with Crippen LogP contribution in [0.25, 0.3) is 5.69 Å². The Morgan fingerprint density at radius 2 is 1.46 bits per heavy atom. The van der Waals surface area contributed by atoms with E-state index in [1.165, 1.54) is 10.4 Å². The number of rotatable bonds is 11. The van der Waals surface area contributed by atoms with Gasteiger partial charge in [-0.15, -0.1) is 5.10 Å².